The van der Waals surface area contributed by atoms with Gasteiger partial charge in [-0.05, 0) is 18.2 Å². The Morgan fingerprint density at radius 2 is 1.83 bits per heavy atom. The Bertz CT molecular complexity index is 917. The Morgan fingerprint density at radius 1 is 1.09 bits per heavy atom. The Hall–Kier alpha value is -3.32. The molecule has 0 unspecified atom stereocenters. The van der Waals surface area contributed by atoms with Gasteiger partial charge in [-0.3, -0.25) is 9.59 Å². The zero-order valence-corrected chi connectivity index (χ0v) is 12.3. The van der Waals surface area contributed by atoms with Crippen LogP contribution >= 0.6 is 0 Å². The Kier molecular flexibility index (Phi) is 3.94. The van der Waals surface area contributed by atoms with Gasteiger partial charge in [0.2, 0.25) is 5.78 Å². The van der Waals surface area contributed by atoms with Gasteiger partial charge in [-0.1, -0.05) is 42.3 Å². The third-order valence-electron chi connectivity index (χ3n) is 3.54. The summed E-state index contributed by atoms with van der Waals surface area (Å²) in [7, 11) is 0. The normalized spacial score (nSPS) is 10.2. The van der Waals surface area contributed by atoms with Gasteiger partial charge in [0.15, 0.2) is 0 Å². The number of terminal acetylenes is 1. The number of hydrogen-bond acceptors (Lipinski definition) is 2. The highest BCUT2D eigenvalue weighted by molar-refractivity contribution is 6.12. The lowest BCUT2D eigenvalue weighted by Gasteiger charge is -2.02. The summed E-state index contributed by atoms with van der Waals surface area (Å²) in [5, 5.41) is 2.63. The molecule has 0 bridgehead atoms. The molecule has 0 aliphatic rings. The summed E-state index contributed by atoms with van der Waals surface area (Å²) in [6.45, 7) is 0.144. The second kappa shape index (κ2) is 6.20. The summed E-state index contributed by atoms with van der Waals surface area (Å²) in [5.41, 5.74) is 2.12. The van der Waals surface area contributed by atoms with Crippen molar-refractivity contribution in [3.63, 3.8) is 0 Å². The molecule has 0 aliphatic heterocycles. The van der Waals surface area contributed by atoms with E-state index in [0.29, 0.717) is 22.3 Å². The van der Waals surface area contributed by atoms with Crippen LogP contribution in [0.5, 0.6) is 0 Å². The van der Waals surface area contributed by atoms with E-state index in [9.17, 15) is 9.59 Å². The lowest BCUT2D eigenvalue weighted by atomic mass is 10.1. The lowest BCUT2D eigenvalue weighted by Crippen LogP contribution is -2.23. The van der Waals surface area contributed by atoms with Crippen molar-refractivity contribution in [1.82, 2.24) is 9.72 Å². The number of carbonyl (C=O) groups is 2. The van der Waals surface area contributed by atoms with Crippen molar-refractivity contribution in [2.45, 2.75) is 0 Å². The topological polar surface area (TPSA) is 50.6 Å². The minimum Gasteiger partial charge on any atom is -0.341 e. The summed E-state index contributed by atoms with van der Waals surface area (Å²) in [5.74, 6) is 1.94. The molecule has 1 amide bonds. The highest BCUT2D eigenvalue weighted by atomic mass is 16.1. The molecule has 4 nitrogen and oxygen atoms in total. The smallest absolute Gasteiger partial charge is 0.254 e. The van der Waals surface area contributed by atoms with Gasteiger partial charge in [-0.25, -0.2) is 0 Å². The van der Waals surface area contributed by atoms with Gasteiger partial charge in [0.25, 0.3) is 5.91 Å². The molecule has 4 heteroatoms. The molecular weight excluding hydrogens is 288 g/mol. The number of nitrogens with one attached hydrogen (secondary N) is 1. The molecule has 1 aromatic carbocycles. The lowest BCUT2D eigenvalue weighted by molar-refractivity contribution is 0.0960. The van der Waals surface area contributed by atoms with E-state index in [2.05, 4.69) is 11.2 Å². The summed E-state index contributed by atoms with van der Waals surface area (Å²) >= 11 is 0. The first-order valence-electron chi connectivity index (χ1n) is 7.14. The van der Waals surface area contributed by atoms with Crippen LogP contribution in [0.15, 0.2) is 60.8 Å². The van der Waals surface area contributed by atoms with Crippen LogP contribution in [-0.2, 0) is 0 Å². The standard InChI is InChI=1S/C19H14N2O2/c1-2-11-20-19(23)15-13-17(21-12-7-6-10-16(15)21)18(22)14-8-4-3-5-9-14/h1,3-10,12-13H,11H2,(H,20,23). The number of rotatable bonds is 4. The van der Waals surface area contributed by atoms with E-state index in [4.69, 9.17) is 6.42 Å². The molecular formula is C19H14N2O2. The molecule has 1 N–H and O–H groups in total. The zero-order valence-electron chi connectivity index (χ0n) is 12.3. The van der Waals surface area contributed by atoms with Crippen LogP contribution in [0, 0.1) is 12.3 Å². The van der Waals surface area contributed by atoms with E-state index in [1.165, 1.54) is 0 Å². The maximum Gasteiger partial charge on any atom is 0.254 e. The minimum absolute atomic E-state index is 0.136. The maximum absolute atomic E-state index is 12.7. The van der Waals surface area contributed by atoms with Crippen LogP contribution in [0.3, 0.4) is 0 Å². The van der Waals surface area contributed by atoms with Crippen LogP contribution < -0.4 is 5.32 Å². The van der Waals surface area contributed by atoms with Crippen LogP contribution in [-0.4, -0.2) is 22.6 Å². The molecule has 0 fully saturated rings. The molecule has 0 aliphatic carbocycles. The van der Waals surface area contributed by atoms with Crippen molar-refractivity contribution in [2.24, 2.45) is 0 Å². The highest BCUT2D eigenvalue weighted by Crippen LogP contribution is 2.20. The molecule has 0 saturated heterocycles. The zero-order chi connectivity index (χ0) is 16.2. The largest absolute Gasteiger partial charge is 0.341 e. The summed E-state index contributed by atoms with van der Waals surface area (Å²) in [6, 6.07) is 16.0. The van der Waals surface area contributed by atoms with Crippen molar-refractivity contribution in [3.05, 3.63) is 77.6 Å². The molecule has 0 spiro atoms. The van der Waals surface area contributed by atoms with Crippen LogP contribution in [0.2, 0.25) is 0 Å². The van der Waals surface area contributed by atoms with E-state index in [-0.39, 0.29) is 18.2 Å². The van der Waals surface area contributed by atoms with Gasteiger partial charge in [-0.2, -0.15) is 0 Å². The summed E-state index contributed by atoms with van der Waals surface area (Å²) < 4.78 is 1.72. The monoisotopic (exact) mass is 302 g/mol. The van der Waals surface area contributed by atoms with Gasteiger partial charge in [0, 0.05) is 11.8 Å². The number of aromatic nitrogens is 1. The molecule has 3 rings (SSSR count). The number of benzene rings is 1. The fraction of sp³-hybridized carbons (Fsp3) is 0.0526. The van der Waals surface area contributed by atoms with E-state index < -0.39 is 0 Å². The van der Waals surface area contributed by atoms with Crippen molar-refractivity contribution in [3.8, 4) is 12.3 Å². The van der Waals surface area contributed by atoms with E-state index in [0.717, 1.165) is 0 Å². The maximum atomic E-state index is 12.7. The fourth-order valence-electron chi connectivity index (χ4n) is 2.47. The number of nitrogens with zero attached hydrogens (tertiary/aromatic N) is 1. The Balaban J connectivity index is 2.10. The van der Waals surface area contributed by atoms with Crippen LogP contribution in [0.25, 0.3) is 5.52 Å². The van der Waals surface area contributed by atoms with E-state index in [1.54, 1.807) is 34.9 Å². The Morgan fingerprint density at radius 3 is 2.57 bits per heavy atom. The molecule has 112 valence electrons. The van der Waals surface area contributed by atoms with Crippen molar-refractivity contribution < 1.29 is 9.59 Å². The fourth-order valence-corrected chi connectivity index (χ4v) is 2.47. The predicted molar refractivity (Wildman–Crippen MR) is 88.4 cm³/mol. The van der Waals surface area contributed by atoms with Crippen molar-refractivity contribution in [2.75, 3.05) is 6.54 Å². The number of ketones is 1. The second-order valence-corrected chi connectivity index (χ2v) is 4.98. The average molecular weight is 302 g/mol. The number of fused-ring (bicyclic) bond motifs is 1. The molecule has 0 radical (unpaired) electrons. The minimum atomic E-state index is -0.293. The highest BCUT2D eigenvalue weighted by Gasteiger charge is 2.19. The average Bonchev–Trinajstić information content (AvgIpc) is 2.99. The van der Waals surface area contributed by atoms with Gasteiger partial charge in [0.05, 0.1) is 23.3 Å². The third kappa shape index (κ3) is 2.72. The third-order valence-corrected chi connectivity index (χ3v) is 3.54. The van der Waals surface area contributed by atoms with E-state index in [1.807, 2.05) is 30.3 Å². The van der Waals surface area contributed by atoms with Gasteiger partial charge in [-0.15, -0.1) is 6.42 Å². The molecule has 2 aromatic heterocycles. The molecule has 23 heavy (non-hydrogen) atoms. The Labute approximate surface area is 133 Å². The quantitative estimate of drug-likeness (QED) is 0.595. The van der Waals surface area contributed by atoms with E-state index >= 15 is 0 Å². The van der Waals surface area contributed by atoms with Crippen molar-refractivity contribution >= 4 is 17.2 Å². The molecule has 0 atom stereocenters. The first-order chi connectivity index (χ1) is 11.2. The molecule has 2 heterocycles. The van der Waals surface area contributed by atoms with Gasteiger partial charge in [0.1, 0.15) is 0 Å². The van der Waals surface area contributed by atoms with Crippen LogP contribution in [0.4, 0.5) is 0 Å². The molecule has 3 aromatic rings. The number of pyridine rings is 1. The number of carbonyl (C=O) groups excluding carboxylic acids is 2. The first-order valence-corrected chi connectivity index (χ1v) is 7.14. The van der Waals surface area contributed by atoms with Crippen LogP contribution in [0.1, 0.15) is 26.4 Å². The first kappa shape index (κ1) is 14.6. The number of hydrogen-bond donors (Lipinski definition) is 1. The number of amides is 1. The van der Waals surface area contributed by atoms with Crippen molar-refractivity contribution in [1.29, 1.82) is 0 Å². The summed E-state index contributed by atoms with van der Waals surface area (Å²) in [6.07, 6.45) is 6.94. The van der Waals surface area contributed by atoms with Gasteiger partial charge < -0.3 is 9.72 Å². The molecule has 0 saturated carbocycles. The predicted octanol–water partition coefficient (Wildman–Crippen LogP) is 2.53. The summed E-state index contributed by atoms with van der Waals surface area (Å²) in [4.78, 5) is 25.0. The SMILES string of the molecule is C#CCNC(=O)c1cc(C(=O)c2ccccc2)n2ccccc12. The second-order valence-electron chi connectivity index (χ2n) is 4.98. The van der Waals surface area contributed by atoms with Gasteiger partial charge >= 0.3 is 0 Å².